The minimum Gasteiger partial charge on any atom is -0.244 e. The molecule has 1 aromatic heterocycles. The number of nitrogens with one attached hydrogen (secondary N) is 1. The van der Waals surface area contributed by atoms with Crippen LogP contribution < -0.4 is 5.43 Å². The summed E-state index contributed by atoms with van der Waals surface area (Å²) in [5, 5.41) is 12.1. The Morgan fingerprint density at radius 3 is 2.46 bits per heavy atom. The van der Waals surface area contributed by atoms with Gasteiger partial charge in [-0.1, -0.05) is 68.4 Å². The number of hydrogen-bond donors (Lipinski definition) is 1. The third kappa shape index (κ3) is 4.01. The minimum atomic E-state index is 0.367. The van der Waals surface area contributed by atoms with Gasteiger partial charge in [-0.15, -0.1) is 5.10 Å². The maximum atomic E-state index is 4.41. The van der Waals surface area contributed by atoms with Crippen molar-refractivity contribution in [3.63, 3.8) is 0 Å². The second-order valence-corrected chi connectivity index (χ2v) is 5.72. The van der Waals surface area contributed by atoms with Crippen LogP contribution in [0.2, 0.25) is 0 Å². The van der Waals surface area contributed by atoms with E-state index in [0.29, 0.717) is 11.9 Å². The molecule has 0 fully saturated rings. The van der Waals surface area contributed by atoms with Crippen molar-refractivity contribution in [2.45, 2.75) is 19.8 Å². The Kier molecular flexibility index (Phi) is 4.91. The standard InChI is InChI=1S/C19H19N5/c1-14(2)16-10-8-15(9-11-16)12-20-23-19-22-18(13-21-24-19)17-6-4-3-5-7-17/h3-14H,1-2H3,(H,22,23,24)/b20-12-. The van der Waals surface area contributed by atoms with Crippen LogP contribution in [-0.2, 0) is 0 Å². The summed E-state index contributed by atoms with van der Waals surface area (Å²) in [6.45, 7) is 4.35. The molecule has 3 rings (SSSR count). The van der Waals surface area contributed by atoms with Gasteiger partial charge in [0, 0.05) is 5.56 Å². The molecule has 120 valence electrons. The van der Waals surface area contributed by atoms with E-state index in [4.69, 9.17) is 0 Å². The molecule has 0 bridgehead atoms. The Bertz CT molecular complexity index is 811. The fourth-order valence-corrected chi connectivity index (χ4v) is 2.23. The fourth-order valence-electron chi connectivity index (χ4n) is 2.23. The molecule has 5 heteroatoms. The zero-order valence-corrected chi connectivity index (χ0v) is 13.7. The molecule has 0 unspecified atom stereocenters. The number of hydrazone groups is 1. The highest BCUT2D eigenvalue weighted by atomic mass is 15.4. The summed E-state index contributed by atoms with van der Waals surface area (Å²) >= 11 is 0. The number of hydrogen-bond acceptors (Lipinski definition) is 5. The molecular weight excluding hydrogens is 298 g/mol. The zero-order valence-electron chi connectivity index (χ0n) is 13.7. The van der Waals surface area contributed by atoms with Gasteiger partial charge in [-0.3, -0.25) is 0 Å². The predicted molar refractivity (Wildman–Crippen MR) is 97.0 cm³/mol. The van der Waals surface area contributed by atoms with E-state index in [1.807, 2.05) is 42.5 Å². The predicted octanol–water partition coefficient (Wildman–Crippen LogP) is 4.11. The maximum Gasteiger partial charge on any atom is 0.263 e. The van der Waals surface area contributed by atoms with Gasteiger partial charge in [0.1, 0.15) is 0 Å². The summed E-state index contributed by atoms with van der Waals surface area (Å²) in [4.78, 5) is 4.41. The lowest BCUT2D eigenvalue weighted by molar-refractivity contribution is 0.866. The van der Waals surface area contributed by atoms with Crippen molar-refractivity contribution in [2.24, 2.45) is 5.10 Å². The lowest BCUT2D eigenvalue weighted by Crippen LogP contribution is -2.00. The molecule has 5 nitrogen and oxygen atoms in total. The largest absolute Gasteiger partial charge is 0.263 e. The number of aromatic nitrogens is 3. The van der Waals surface area contributed by atoms with E-state index in [2.05, 4.69) is 51.7 Å². The van der Waals surface area contributed by atoms with Crippen molar-refractivity contribution in [1.82, 2.24) is 15.2 Å². The van der Waals surface area contributed by atoms with Gasteiger partial charge < -0.3 is 0 Å². The summed E-state index contributed by atoms with van der Waals surface area (Å²) < 4.78 is 0. The SMILES string of the molecule is CC(C)c1ccc(/C=N\Nc2nncc(-c3ccccc3)n2)cc1. The van der Waals surface area contributed by atoms with Crippen LogP contribution in [0.5, 0.6) is 0 Å². The van der Waals surface area contributed by atoms with Gasteiger partial charge in [0.2, 0.25) is 0 Å². The molecule has 0 saturated carbocycles. The van der Waals surface area contributed by atoms with Crippen LogP contribution in [0.25, 0.3) is 11.3 Å². The quantitative estimate of drug-likeness (QED) is 0.568. The summed E-state index contributed by atoms with van der Waals surface area (Å²) in [5.74, 6) is 0.890. The van der Waals surface area contributed by atoms with Crippen LogP contribution in [0.1, 0.15) is 30.9 Å². The highest BCUT2D eigenvalue weighted by Gasteiger charge is 2.02. The van der Waals surface area contributed by atoms with E-state index in [0.717, 1.165) is 16.8 Å². The Balaban J connectivity index is 1.68. The van der Waals surface area contributed by atoms with Gasteiger partial charge in [-0.25, -0.2) is 10.4 Å². The smallest absolute Gasteiger partial charge is 0.244 e. The minimum absolute atomic E-state index is 0.367. The van der Waals surface area contributed by atoms with Crippen LogP contribution in [0.15, 0.2) is 65.9 Å². The van der Waals surface area contributed by atoms with Gasteiger partial charge in [-0.05, 0) is 17.0 Å². The van der Waals surface area contributed by atoms with Gasteiger partial charge in [0.15, 0.2) is 0 Å². The first-order chi connectivity index (χ1) is 11.7. The van der Waals surface area contributed by atoms with Crippen LogP contribution in [-0.4, -0.2) is 21.4 Å². The molecule has 0 amide bonds. The Morgan fingerprint density at radius 2 is 1.75 bits per heavy atom. The summed E-state index contributed by atoms with van der Waals surface area (Å²) in [6.07, 6.45) is 3.37. The molecule has 2 aromatic carbocycles. The maximum absolute atomic E-state index is 4.41. The Morgan fingerprint density at radius 1 is 1.00 bits per heavy atom. The topological polar surface area (TPSA) is 63.1 Å². The lowest BCUT2D eigenvalue weighted by Gasteiger charge is -2.04. The molecule has 3 aromatic rings. The summed E-state index contributed by atoms with van der Waals surface area (Å²) in [5.41, 5.74) is 6.89. The van der Waals surface area contributed by atoms with Crippen LogP contribution in [0.4, 0.5) is 5.95 Å². The molecule has 1 heterocycles. The van der Waals surface area contributed by atoms with E-state index in [9.17, 15) is 0 Å². The number of rotatable bonds is 5. The first kappa shape index (κ1) is 15.8. The molecule has 0 spiro atoms. The van der Waals surface area contributed by atoms with Crippen molar-refractivity contribution in [3.8, 4) is 11.3 Å². The second-order valence-electron chi connectivity index (χ2n) is 5.72. The summed E-state index contributed by atoms with van der Waals surface area (Å²) in [7, 11) is 0. The van der Waals surface area contributed by atoms with Crippen molar-refractivity contribution in [1.29, 1.82) is 0 Å². The monoisotopic (exact) mass is 317 g/mol. The summed E-state index contributed by atoms with van der Waals surface area (Å²) in [6, 6.07) is 18.2. The second kappa shape index (κ2) is 7.46. The number of benzene rings is 2. The Hall–Kier alpha value is -3.08. The van der Waals surface area contributed by atoms with E-state index >= 15 is 0 Å². The zero-order chi connectivity index (χ0) is 16.8. The van der Waals surface area contributed by atoms with Crippen LogP contribution in [0.3, 0.4) is 0 Å². The fraction of sp³-hybridized carbons (Fsp3) is 0.158. The van der Waals surface area contributed by atoms with Gasteiger partial charge in [-0.2, -0.15) is 10.2 Å². The number of anilines is 1. The molecule has 1 N–H and O–H groups in total. The highest BCUT2D eigenvalue weighted by Crippen LogP contribution is 2.16. The Labute approximate surface area is 141 Å². The normalized spacial score (nSPS) is 11.1. The number of nitrogens with zero attached hydrogens (tertiary/aromatic N) is 4. The molecule has 24 heavy (non-hydrogen) atoms. The molecule has 0 aliphatic heterocycles. The molecule has 0 atom stereocenters. The first-order valence-electron chi connectivity index (χ1n) is 7.86. The van der Waals surface area contributed by atoms with Crippen LogP contribution >= 0.6 is 0 Å². The van der Waals surface area contributed by atoms with Crippen LogP contribution in [0, 0.1) is 0 Å². The van der Waals surface area contributed by atoms with E-state index in [1.54, 1.807) is 12.4 Å². The van der Waals surface area contributed by atoms with E-state index in [-0.39, 0.29) is 0 Å². The molecule has 0 saturated heterocycles. The first-order valence-corrected chi connectivity index (χ1v) is 7.86. The van der Waals surface area contributed by atoms with Crippen molar-refractivity contribution in [3.05, 3.63) is 71.9 Å². The molecule has 0 radical (unpaired) electrons. The van der Waals surface area contributed by atoms with Gasteiger partial charge in [0.05, 0.1) is 18.1 Å². The van der Waals surface area contributed by atoms with E-state index in [1.165, 1.54) is 5.56 Å². The van der Waals surface area contributed by atoms with Gasteiger partial charge >= 0.3 is 0 Å². The highest BCUT2D eigenvalue weighted by molar-refractivity contribution is 5.80. The lowest BCUT2D eigenvalue weighted by atomic mass is 10.0. The third-order valence-electron chi connectivity index (χ3n) is 3.61. The van der Waals surface area contributed by atoms with Crippen molar-refractivity contribution >= 4 is 12.2 Å². The van der Waals surface area contributed by atoms with Gasteiger partial charge in [0.25, 0.3) is 5.95 Å². The van der Waals surface area contributed by atoms with E-state index < -0.39 is 0 Å². The average molecular weight is 317 g/mol. The average Bonchev–Trinajstić information content (AvgIpc) is 2.63. The van der Waals surface area contributed by atoms with Crippen molar-refractivity contribution < 1.29 is 0 Å². The third-order valence-corrected chi connectivity index (χ3v) is 3.61. The molecular formula is C19H19N5. The van der Waals surface area contributed by atoms with Crippen molar-refractivity contribution in [2.75, 3.05) is 5.43 Å². The molecule has 0 aliphatic carbocycles. The molecule has 0 aliphatic rings.